The van der Waals surface area contributed by atoms with E-state index in [4.69, 9.17) is 0 Å². The number of nitrogens with zero attached hydrogens (tertiary/aromatic N) is 3. The number of hydrogen-bond acceptors (Lipinski definition) is 3. The third-order valence-corrected chi connectivity index (χ3v) is 4.91. The summed E-state index contributed by atoms with van der Waals surface area (Å²) in [5, 5.41) is 6.74. The van der Waals surface area contributed by atoms with Gasteiger partial charge in [-0.15, -0.1) is 0 Å². The maximum Gasteiger partial charge on any atom is 0.253 e. The molecule has 2 aromatic carbocycles. The first-order valence-corrected chi connectivity index (χ1v) is 10.6. The van der Waals surface area contributed by atoms with Gasteiger partial charge < -0.3 is 20.4 Å². The highest BCUT2D eigenvalue weighted by Crippen LogP contribution is 2.12. The van der Waals surface area contributed by atoms with Gasteiger partial charge in [0, 0.05) is 58.6 Å². The summed E-state index contributed by atoms with van der Waals surface area (Å²) >= 11 is 0. The van der Waals surface area contributed by atoms with Crippen LogP contribution in [0.1, 0.15) is 29.3 Å². The van der Waals surface area contributed by atoms with E-state index in [9.17, 15) is 4.79 Å². The van der Waals surface area contributed by atoms with Crippen molar-refractivity contribution in [1.29, 1.82) is 0 Å². The lowest BCUT2D eigenvalue weighted by atomic mass is 10.1. The molecule has 0 saturated heterocycles. The first-order chi connectivity index (χ1) is 14.5. The number of anilines is 1. The van der Waals surface area contributed by atoms with Gasteiger partial charge in [-0.25, -0.2) is 0 Å². The summed E-state index contributed by atoms with van der Waals surface area (Å²) < 4.78 is 0. The third-order valence-electron chi connectivity index (χ3n) is 4.91. The maximum absolute atomic E-state index is 12.1. The van der Waals surface area contributed by atoms with Gasteiger partial charge in [-0.2, -0.15) is 0 Å². The predicted molar refractivity (Wildman–Crippen MR) is 126 cm³/mol. The Kier molecular flexibility index (Phi) is 9.71. The number of nitrogens with one attached hydrogen (secondary N) is 2. The van der Waals surface area contributed by atoms with Gasteiger partial charge in [0.05, 0.1) is 0 Å². The smallest absolute Gasteiger partial charge is 0.253 e. The van der Waals surface area contributed by atoms with Crippen LogP contribution in [-0.4, -0.2) is 64.1 Å². The molecule has 6 heteroatoms. The van der Waals surface area contributed by atoms with Crippen molar-refractivity contribution in [2.24, 2.45) is 4.99 Å². The van der Waals surface area contributed by atoms with Gasteiger partial charge in [0.2, 0.25) is 0 Å². The zero-order chi connectivity index (χ0) is 21.8. The fourth-order valence-electron chi connectivity index (χ4n) is 3.25. The van der Waals surface area contributed by atoms with Gasteiger partial charge >= 0.3 is 0 Å². The Bertz CT molecular complexity index is 804. The first-order valence-electron chi connectivity index (χ1n) is 10.6. The largest absolute Gasteiger partial charge is 0.372 e. The Morgan fingerprint density at radius 2 is 1.73 bits per heavy atom. The number of para-hydroxylation sites is 1. The molecule has 0 saturated carbocycles. The van der Waals surface area contributed by atoms with Crippen LogP contribution in [0.5, 0.6) is 0 Å². The molecule has 0 aromatic heterocycles. The molecule has 162 valence electrons. The Balaban J connectivity index is 1.72. The molecule has 0 spiro atoms. The normalized spacial score (nSPS) is 11.1. The van der Waals surface area contributed by atoms with E-state index in [1.807, 2.05) is 30.3 Å². The van der Waals surface area contributed by atoms with Crippen LogP contribution in [0.3, 0.4) is 0 Å². The van der Waals surface area contributed by atoms with Crippen LogP contribution in [-0.2, 0) is 6.42 Å². The Morgan fingerprint density at radius 3 is 2.40 bits per heavy atom. The molecule has 1 amide bonds. The zero-order valence-electron chi connectivity index (χ0n) is 18.7. The number of aliphatic imine (C=N–C) groups is 1. The lowest BCUT2D eigenvalue weighted by molar-refractivity contribution is 0.0827. The van der Waals surface area contributed by atoms with Gasteiger partial charge in [-0.05, 0) is 49.6 Å². The van der Waals surface area contributed by atoms with Crippen LogP contribution in [0.2, 0.25) is 0 Å². The fraction of sp³-hybridized carbons (Fsp3) is 0.417. The van der Waals surface area contributed by atoms with E-state index in [-0.39, 0.29) is 5.91 Å². The van der Waals surface area contributed by atoms with Crippen molar-refractivity contribution < 1.29 is 4.79 Å². The molecule has 30 heavy (non-hydrogen) atoms. The summed E-state index contributed by atoms with van der Waals surface area (Å²) in [7, 11) is 5.33. The molecule has 0 aliphatic rings. The van der Waals surface area contributed by atoms with E-state index >= 15 is 0 Å². The monoisotopic (exact) mass is 409 g/mol. The maximum atomic E-state index is 12.1. The Hall–Kier alpha value is -3.02. The standard InChI is InChI=1S/C24H35N5O/c1-5-29(22-13-7-6-8-14-22)18-10-16-26-24(25-2)27-17-15-20-11-9-12-21(19-20)23(30)28(3)4/h6-9,11-14,19H,5,10,15-18H2,1-4H3,(H2,25,26,27). The Labute approximate surface area is 181 Å². The second-order valence-corrected chi connectivity index (χ2v) is 7.34. The van der Waals surface area contributed by atoms with E-state index in [1.54, 1.807) is 26.0 Å². The van der Waals surface area contributed by atoms with Gasteiger partial charge in [0.1, 0.15) is 0 Å². The van der Waals surface area contributed by atoms with Crippen LogP contribution in [0.25, 0.3) is 0 Å². The van der Waals surface area contributed by atoms with Crippen molar-refractivity contribution in [2.75, 3.05) is 52.2 Å². The second kappa shape index (κ2) is 12.5. The van der Waals surface area contributed by atoms with Crippen molar-refractivity contribution in [3.05, 3.63) is 65.7 Å². The highest BCUT2D eigenvalue weighted by atomic mass is 16.2. The van der Waals surface area contributed by atoms with E-state index in [0.717, 1.165) is 56.1 Å². The van der Waals surface area contributed by atoms with Crippen LogP contribution < -0.4 is 15.5 Å². The molecular formula is C24H35N5O. The lowest BCUT2D eigenvalue weighted by Crippen LogP contribution is -2.39. The third kappa shape index (κ3) is 7.43. The molecule has 0 bridgehead atoms. The molecule has 2 N–H and O–H groups in total. The van der Waals surface area contributed by atoms with Gasteiger partial charge in [-0.1, -0.05) is 30.3 Å². The first kappa shape index (κ1) is 23.3. The zero-order valence-corrected chi connectivity index (χ0v) is 18.7. The summed E-state index contributed by atoms with van der Waals surface area (Å²) in [5.41, 5.74) is 3.11. The van der Waals surface area contributed by atoms with Crippen molar-refractivity contribution >= 4 is 17.6 Å². The minimum absolute atomic E-state index is 0.0268. The minimum atomic E-state index is 0.0268. The number of hydrogen-bond donors (Lipinski definition) is 2. The van der Waals surface area contributed by atoms with Crippen LogP contribution in [0.15, 0.2) is 59.6 Å². The summed E-state index contributed by atoms with van der Waals surface area (Å²) in [5.74, 6) is 0.831. The lowest BCUT2D eigenvalue weighted by Gasteiger charge is -2.23. The van der Waals surface area contributed by atoms with Gasteiger partial charge in [0.25, 0.3) is 5.91 Å². The van der Waals surface area contributed by atoms with Gasteiger partial charge in [-0.3, -0.25) is 9.79 Å². The molecule has 0 unspecified atom stereocenters. The molecule has 2 aromatic rings. The number of guanidine groups is 1. The van der Waals surface area contributed by atoms with Crippen LogP contribution in [0.4, 0.5) is 5.69 Å². The predicted octanol–water partition coefficient (Wildman–Crippen LogP) is 3.01. The van der Waals surface area contributed by atoms with E-state index in [2.05, 4.69) is 51.7 Å². The number of carbonyl (C=O) groups is 1. The molecular weight excluding hydrogens is 374 g/mol. The molecule has 0 atom stereocenters. The molecule has 6 nitrogen and oxygen atoms in total. The SMILES string of the molecule is CCN(CCCNC(=NC)NCCc1cccc(C(=O)N(C)C)c1)c1ccccc1. The average Bonchev–Trinajstić information content (AvgIpc) is 2.78. The average molecular weight is 410 g/mol. The van der Waals surface area contributed by atoms with E-state index < -0.39 is 0 Å². The van der Waals surface area contributed by atoms with Crippen LogP contribution >= 0.6 is 0 Å². The number of carbonyl (C=O) groups excluding carboxylic acids is 1. The van der Waals surface area contributed by atoms with E-state index in [0.29, 0.717) is 0 Å². The minimum Gasteiger partial charge on any atom is -0.372 e. The number of rotatable bonds is 10. The van der Waals surface area contributed by atoms with Crippen molar-refractivity contribution in [2.45, 2.75) is 19.8 Å². The molecule has 0 aliphatic carbocycles. The van der Waals surface area contributed by atoms with Gasteiger partial charge in [0.15, 0.2) is 5.96 Å². The second-order valence-electron chi connectivity index (χ2n) is 7.34. The fourth-order valence-corrected chi connectivity index (χ4v) is 3.25. The highest BCUT2D eigenvalue weighted by Gasteiger charge is 2.08. The topological polar surface area (TPSA) is 60.0 Å². The quantitative estimate of drug-likeness (QED) is 0.360. The molecule has 2 rings (SSSR count). The molecule has 0 heterocycles. The van der Waals surface area contributed by atoms with Crippen molar-refractivity contribution in [3.63, 3.8) is 0 Å². The van der Waals surface area contributed by atoms with Crippen molar-refractivity contribution in [1.82, 2.24) is 15.5 Å². The number of amides is 1. The summed E-state index contributed by atoms with van der Waals surface area (Å²) in [6, 6.07) is 18.3. The summed E-state index contributed by atoms with van der Waals surface area (Å²) in [6.45, 7) is 5.78. The van der Waals surface area contributed by atoms with Crippen LogP contribution in [0, 0.1) is 0 Å². The summed E-state index contributed by atoms with van der Waals surface area (Å²) in [6.07, 6.45) is 1.85. The van der Waals surface area contributed by atoms with E-state index in [1.165, 1.54) is 5.69 Å². The molecule has 0 radical (unpaired) electrons. The summed E-state index contributed by atoms with van der Waals surface area (Å²) in [4.78, 5) is 20.4. The van der Waals surface area contributed by atoms with Crippen molar-refractivity contribution in [3.8, 4) is 0 Å². The molecule has 0 fully saturated rings. The number of benzene rings is 2. The Morgan fingerprint density at radius 1 is 1.00 bits per heavy atom. The highest BCUT2D eigenvalue weighted by molar-refractivity contribution is 5.94. The molecule has 0 aliphatic heterocycles.